The smallest absolute Gasteiger partial charge is 0.258 e. The summed E-state index contributed by atoms with van der Waals surface area (Å²) in [6.07, 6.45) is 2.98. The minimum Gasteiger partial charge on any atom is -0.508 e. The Morgan fingerprint density at radius 1 is 1.08 bits per heavy atom. The molecule has 0 saturated heterocycles. The number of carbonyl (C=O) groups is 2. The predicted octanol–water partition coefficient (Wildman–Crippen LogP) is 2.08. The molecular formula is C20H22N2O4. The molecule has 6 nitrogen and oxygen atoms in total. The summed E-state index contributed by atoms with van der Waals surface area (Å²) in [4.78, 5) is 24.0. The van der Waals surface area contributed by atoms with Crippen LogP contribution >= 0.6 is 0 Å². The van der Waals surface area contributed by atoms with Crippen LogP contribution < -0.4 is 15.4 Å². The number of carbonyl (C=O) groups excluding carboxylic acids is 2. The van der Waals surface area contributed by atoms with Gasteiger partial charge in [-0.3, -0.25) is 9.59 Å². The molecule has 0 radical (unpaired) electrons. The van der Waals surface area contributed by atoms with Crippen LogP contribution in [-0.2, 0) is 16.0 Å². The Morgan fingerprint density at radius 2 is 1.85 bits per heavy atom. The SMILES string of the molecule is O=C(COc1ccc(O)cc1)NCC(=O)NC1CCCc2ccccc21. The van der Waals surface area contributed by atoms with Gasteiger partial charge in [-0.25, -0.2) is 0 Å². The molecule has 0 fully saturated rings. The van der Waals surface area contributed by atoms with Gasteiger partial charge in [-0.2, -0.15) is 0 Å². The fourth-order valence-corrected chi connectivity index (χ4v) is 3.07. The molecule has 6 heteroatoms. The van der Waals surface area contributed by atoms with Crippen LogP contribution in [0.15, 0.2) is 48.5 Å². The summed E-state index contributed by atoms with van der Waals surface area (Å²) >= 11 is 0. The third-order valence-electron chi connectivity index (χ3n) is 4.36. The maximum absolute atomic E-state index is 12.1. The van der Waals surface area contributed by atoms with E-state index < -0.39 is 0 Å². The molecule has 136 valence electrons. The van der Waals surface area contributed by atoms with E-state index >= 15 is 0 Å². The summed E-state index contributed by atoms with van der Waals surface area (Å²) in [6.45, 7) is -0.277. The lowest BCUT2D eigenvalue weighted by Gasteiger charge is -2.26. The summed E-state index contributed by atoms with van der Waals surface area (Å²) in [5, 5.41) is 14.7. The molecule has 2 amide bonds. The molecule has 1 unspecified atom stereocenters. The highest BCUT2D eigenvalue weighted by molar-refractivity contribution is 5.85. The highest BCUT2D eigenvalue weighted by atomic mass is 16.5. The van der Waals surface area contributed by atoms with E-state index in [0.29, 0.717) is 5.75 Å². The minimum atomic E-state index is -0.378. The molecule has 0 bridgehead atoms. The zero-order valence-corrected chi connectivity index (χ0v) is 14.4. The van der Waals surface area contributed by atoms with Crippen molar-refractivity contribution in [2.45, 2.75) is 25.3 Å². The van der Waals surface area contributed by atoms with Crippen molar-refractivity contribution in [3.63, 3.8) is 0 Å². The summed E-state index contributed by atoms with van der Waals surface area (Å²) < 4.78 is 5.30. The fourth-order valence-electron chi connectivity index (χ4n) is 3.07. The number of rotatable bonds is 6. The minimum absolute atomic E-state index is 0.00222. The standard InChI is InChI=1S/C20H22N2O4/c23-15-8-10-16(11-9-15)26-13-20(25)21-12-19(24)22-18-7-3-5-14-4-1-2-6-17(14)18/h1-2,4,6,8-11,18,23H,3,5,7,12-13H2,(H,21,25)(H,22,24). The first-order chi connectivity index (χ1) is 12.6. The number of nitrogens with one attached hydrogen (secondary N) is 2. The number of benzene rings is 2. The van der Waals surface area contributed by atoms with Crippen LogP contribution in [0.4, 0.5) is 0 Å². The number of aromatic hydroxyl groups is 1. The van der Waals surface area contributed by atoms with Gasteiger partial charge < -0.3 is 20.5 Å². The molecule has 1 aliphatic rings. The van der Waals surface area contributed by atoms with Crippen molar-refractivity contribution in [1.29, 1.82) is 0 Å². The molecule has 0 saturated carbocycles. The van der Waals surface area contributed by atoms with Crippen LogP contribution in [0.2, 0.25) is 0 Å². The molecule has 0 aromatic heterocycles. The number of phenols is 1. The van der Waals surface area contributed by atoms with Gasteiger partial charge in [0.15, 0.2) is 6.61 Å². The van der Waals surface area contributed by atoms with Crippen LogP contribution in [0.25, 0.3) is 0 Å². The Bertz CT molecular complexity index is 774. The molecule has 2 aromatic rings. The fraction of sp³-hybridized carbons (Fsp3) is 0.300. The number of fused-ring (bicyclic) bond motifs is 1. The largest absolute Gasteiger partial charge is 0.508 e. The summed E-state index contributed by atoms with van der Waals surface area (Å²) in [7, 11) is 0. The Hall–Kier alpha value is -3.02. The number of hydrogen-bond acceptors (Lipinski definition) is 4. The van der Waals surface area contributed by atoms with Gasteiger partial charge in [0.2, 0.25) is 5.91 Å². The van der Waals surface area contributed by atoms with Crippen LogP contribution in [-0.4, -0.2) is 30.1 Å². The van der Waals surface area contributed by atoms with Gasteiger partial charge in [0, 0.05) is 0 Å². The van der Waals surface area contributed by atoms with E-state index in [1.165, 1.54) is 17.7 Å². The average Bonchev–Trinajstić information content (AvgIpc) is 2.66. The maximum atomic E-state index is 12.1. The van der Waals surface area contributed by atoms with E-state index in [0.717, 1.165) is 24.8 Å². The molecule has 1 atom stereocenters. The number of amides is 2. The molecule has 0 spiro atoms. The second-order valence-corrected chi connectivity index (χ2v) is 6.27. The second kappa shape index (κ2) is 8.38. The predicted molar refractivity (Wildman–Crippen MR) is 96.9 cm³/mol. The van der Waals surface area contributed by atoms with Gasteiger partial charge in [0.25, 0.3) is 5.91 Å². The molecule has 26 heavy (non-hydrogen) atoms. The van der Waals surface area contributed by atoms with Gasteiger partial charge >= 0.3 is 0 Å². The van der Waals surface area contributed by atoms with Crippen molar-refractivity contribution in [2.24, 2.45) is 0 Å². The molecular weight excluding hydrogens is 332 g/mol. The zero-order valence-electron chi connectivity index (χ0n) is 14.4. The van der Waals surface area contributed by atoms with Crippen molar-refractivity contribution < 1.29 is 19.4 Å². The lowest BCUT2D eigenvalue weighted by Crippen LogP contribution is -2.40. The molecule has 0 heterocycles. The van der Waals surface area contributed by atoms with E-state index in [-0.39, 0.29) is 36.8 Å². The van der Waals surface area contributed by atoms with Crippen molar-refractivity contribution in [1.82, 2.24) is 10.6 Å². The number of aryl methyl sites for hydroxylation is 1. The first kappa shape index (κ1) is 17.8. The lowest BCUT2D eigenvalue weighted by molar-refractivity contribution is -0.127. The van der Waals surface area contributed by atoms with E-state index in [1.807, 2.05) is 18.2 Å². The molecule has 0 aliphatic heterocycles. The third kappa shape index (κ3) is 4.75. The Balaban J connectivity index is 1.43. The van der Waals surface area contributed by atoms with Crippen molar-refractivity contribution in [3.8, 4) is 11.5 Å². The monoisotopic (exact) mass is 354 g/mol. The number of phenolic OH excluding ortho intramolecular Hbond substituents is 1. The van der Waals surface area contributed by atoms with Gasteiger partial charge in [0.05, 0.1) is 12.6 Å². The normalized spacial score (nSPS) is 15.6. The van der Waals surface area contributed by atoms with Gasteiger partial charge in [-0.1, -0.05) is 24.3 Å². The van der Waals surface area contributed by atoms with E-state index in [1.54, 1.807) is 12.1 Å². The van der Waals surface area contributed by atoms with Crippen LogP contribution in [0.1, 0.15) is 30.0 Å². The van der Waals surface area contributed by atoms with Gasteiger partial charge in [0.1, 0.15) is 11.5 Å². The lowest BCUT2D eigenvalue weighted by atomic mass is 9.88. The average molecular weight is 354 g/mol. The Labute approximate surface area is 152 Å². The summed E-state index contributed by atoms with van der Waals surface area (Å²) in [5.41, 5.74) is 2.43. The highest BCUT2D eigenvalue weighted by Crippen LogP contribution is 2.29. The first-order valence-electron chi connectivity index (χ1n) is 8.67. The maximum Gasteiger partial charge on any atom is 0.258 e. The number of hydrogen-bond donors (Lipinski definition) is 3. The van der Waals surface area contributed by atoms with Crippen molar-refractivity contribution in [3.05, 3.63) is 59.7 Å². The van der Waals surface area contributed by atoms with E-state index in [4.69, 9.17) is 4.74 Å². The van der Waals surface area contributed by atoms with Crippen molar-refractivity contribution >= 4 is 11.8 Å². The highest BCUT2D eigenvalue weighted by Gasteiger charge is 2.21. The number of ether oxygens (including phenoxy) is 1. The Kier molecular flexibility index (Phi) is 5.73. The summed E-state index contributed by atoms with van der Waals surface area (Å²) in [5.74, 6) is 0.00549. The molecule has 3 N–H and O–H groups in total. The van der Waals surface area contributed by atoms with Crippen LogP contribution in [0, 0.1) is 0 Å². The summed E-state index contributed by atoms with van der Waals surface area (Å²) in [6, 6.07) is 14.2. The van der Waals surface area contributed by atoms with E-state index in [2.05, 4.69) is 16.7 Å². The van der Waals surface area contributed by atoms with E-state index in [9.17, 15) is 14.7 Å². The van der Waals surface area contributed by atoms with Gasteiger partial charge in [-0.15, -0.1) is 0 Å². The van der Waals surface area contributed by atoms with Crippen LogP contribution in [0.3, 0.4) is 0 Å². The third-order valence-corrected chi connectivity index (χ3v) is 4.36. The quantitative estimate of drug-likeness (QED) is 0.741. The Morgan fingerprint density at radius 3 is 2.65 bits per heavy atom. The zero-order chi connectivity index (χ0) is 18.4. The first-order valence-corrected chi connectivity index (χ1v) is 8.67. The van der Waals surface area contributed by atoms with Gasteiger partial charge in [-0.05, 0) is 54.7 Å². The second-order valence-electron chi connectivity index (χ2n) is 6.27. The molecule has 2 aromatic carbocycles. The molecule has 3 rings (SSSR count). The molecule has 1 aliphatic carbocycles. The van der Waals surface area contributed by atoms with Crippen molar-refractivity contribution in [2.75, 3.05) is 13.2 Å². The topological polar surface area (TPSA) is 87.7 Å². The van der Waals surface area contributed by atoms with Crippen LogP contribution in [0.5, 0.6) is 11.5 Å².